The second-order valence-electron chi connectivity index (χ2n) is 4.75. The van der Waals surface area contributed by atoms with Crippen LogP contribution in [0.1, 0.15) is 32.6 Å². The van der Waals surface area contributed by atoms with E-state index < -0.39 is 17.4 Å². The second-order valence-corrected chi connectivity index (χ2v) is 4.75. The quantitative estimate of drug-likeness (QED) is 0.742. The van der Waals surface area contributed by atoms with Gasteiger partial charge in [-0.2, -0.15) is 0 Å². The first kappa shape index (κ1) is 13.4. The summed E-state index contributed by atoms with van der Waals surface area (Å²) in [7, 11) is 0. The fraction of sp³-hybridized carbons (Fsp3) is 0.188. The van der Waals surface area contributed by atoms with Crippen molar-refractivity contribution in [1.82, 2.24) is 0 Å². The van der Waals surface area contributed by atoms with Gasteiger partial charge in [-0.1, -0.05) is 17.7 Å². The lowest BCUT2D eigenvalue weighted by atomic mass is 9.96. The lowest BCUT2D eigenvalue weighted by molar-refractivity contribution is 0.103. The zero-order valence-corrected chi connectivity index (χ0v) is 11.1. The van der Waals surface area contributed by atoms with Gasteiger partial charge in [0.1, 0.15) is 11.6 Å². The zero-order valence-electron chi connectivity index (χ0n) is 11.1. The highest BCUT2D eigenvalue weighted by molar-refractivity contribution is 6.10. The topological polar surface area (TPSA) is 17.1 Å². The fourth-order valence-corrected chi connectivity index (χ4v) is 2.15. The van der Waals surface area contributed by atoms with Crippen LogP contribution in [0.15, 0.2) is 30.3 Å². The van der Waals surface area contributed by atoms with Crippen molar-refractivity contribution in [2.24, 2.45) is 0 Å². The van der Waals surface area contributed by atoms with Gasteiger partial charge in [-0.25, -0.2) is 8.78 Å². The van der Waals surface area contributed by atoms with Gasteiger partial charge in [0.05, 0.1) is 11.1 Å². The van der Waals surface area contributed by atoms with Gasteiger partial charge in [-0.3, -0.25) is 4.79 Å². The van der Waals surface area contributed by atoms with Crippen molar-refractivity contribution in [2.75, 3.05) is 0 Å². The average Bonchev–Trinajstić information content (AvgIpc) is 2.30. The van der Waals surface area contributed by atoms with E-state index in [1.165, 1.54) is 18.2 Å². The molecule has 0 amide bonds. The van der Waals surface area contributed by atoms with Gasteiger partial charge in [-0.05, 0) is 50.1 Å². The van der Waals surface area contributed by atoms with Crippen LogP contribution in [0.5, 0.6) is 0 Å². The summed E-state index contributed by atoms with van der Waals surface area (Å²) in [4.78, 5) is 12.3. The summed E-state index contributed by atoms with van der Waals surface area (Å²) >= 11 is 0. The number of aryl methyl sites for hydroxylation is 3. The number of halogens is 2. The first-order chi connectivity index (χ1) is 8.90. The maximum Gasteiger partial charge on any atom is 0.199 e. The van der Waals surface area contributed by atoms with Crippen LogP contribution in [-0.2, 0) is 0 Å². The fourth-order valence-electron chi connectivity index (χ4n) is 2.15. The molecule has 0 atom stereocenters. The Bertz CT molecular complexity index is 637. The van der Waals surface area contributed by atoms with E-state index >= 15 is 0 Å². The van der Waals surface area contributed by atoms with Gasteiger partial charge in [0.2, 0.25) is 0 Å². The Morgan fingerprint density at radius 3 is 2.21 bits per heavy atom. The summed E-state index contributed by atoms with van der Waals surface area (Å²) in [6.45, 7) is 5.16. The van der Waals surface area contributed by atoms with E-state index in [1.807, 2.05) is 0 Å². The minimum atomic E-state index is -0.630. The van der Waals surface area contributed by atoms with Crippen LogP contribution in [0.4, 0.5) is 8.78 Å². The maximum absolute atomic E-state index is 13.9. The molecule has 0 N–H and O–H groups in total. The number of benzene rings is 2. The summed E-state index contributed by atoms with van der Waals surface area (Å²) in [6, 6.07) is 7.24. The number of hydrogen-bond acceptors (Lipinski definition) is 1. The number of rotatable bonds is 2. The third kappa shape index (κ3) is 2.55. The molecule has 0 saturated carbocycles. The molecule has 0 heterocycles. The molecule has 2 rings (SSSR count). The summed E-state index contributed by atoms with van der Waals surface area (Å²) in [6.07, 6.45) is 0. The van der Waals surface area contributed by atoms with Crippen molar-refractivity contribution in [3.63, 3.8) is 0 Å². The first-order valence-corrected chi connectivity index (χ1v) is 5.97. The first-order valence-electron chi connectivity index (χ1n) is 5.97. The summed E-state index contributed by atoms with van der Waals surface area (Å²) in [5, 5.41) is 0. The molecule has 0 aromatic heterocycles. The Morgan fingerprint density at radius 1 is 0.895 bits per heavy atom. The molecule has 0 aliphatic heterocycles. The Hall–Kier alpha value is -2.03. The molecule has 0 spiro atoms. The van der Waals surface area contributed by atoms with E-state index in [1.54, 1.807) is 32.9 Å². The number of carbonyl (C=O) groups is 1. The minimum Gasteiger partial charge on any atom is -0.288 e. The van der Waals surface area contributed by atoms with Crippen LogP contribution in [0, 0.1) is 32.4 Å². The Labute approximate surface area is 110 Å². The van der Waals surface area contributed by atoms with Crippen LogP contribution in [0.2, 0.25) is 0 Å². The van der Waals surface area contributed by atoms with Crippen molar-refractivity contribution in [3.05, 3.63) is 69.8 Å². The van der Waals surface area contributed by atoms with Gasteiger partial charge in [0, 0.05) is 0 Å². The summed E-state index contributed by atoms with van der Waals surface area (Å²) in [5.41, 5.74) is 1.86. The smallest absolute Gasteiger partial charge is 0.199 e. The molecule has 0 unspecified atom stereocenters. The number of hydrogen-bond donors (Lipinski definition) is 0. The Kier molecular flexibility index (Phi) is 3.47. The van der Waals surface area contributed by atoms with Crippen LogP contribution < -0.4 is 0 Å². The van der Waals surface area contributed by atoms with Gasteiger partial charge < -0.3 is 0 Å². The standard InChI is InChI=1S/C16H14F2O/c1-9-4-5-13(17)12(7-9)16(19)15-11(3)6-10(2)8-14(15)18/h4-8H,1-3H3. The van der Waals surface area contributed by atoms with E-state index in [2.05, 4.69) is 0 Å². The van der Waals surface area contributed by atoms with Gasteiger partial charge in [0.25, 0.3) is 0 Å². The molecule has 0 saturated heterocycles. The summed E-state index contributed by atoms with van der Waals surface area (Å²) in [5.74, 6) is -1.85. The molecular weight excluding hydrogens is 246 g/mol. The Balaban J connectivity index is 2.59. The molecule has 0 fully saturated rings. The number of ketones is 1. The minimum absolute atomic E-state index is 0.0601. The molecule has 98 valence electrons. The molecule has 0 radical (unpaired) electrons. The largest absolute Gasteiger partial charge is 0.288 e. The highest BCUT2D eigenvalue weighted by Gasteiger charge is 2.20. The third-order valence-corrected chi connectivity index (χ3v) is 3.03. The zero-order chi connectivity index (χ0) is 14.2. The monoisotopic (exact) mass is 260 g/mol. The molecule has 0 bridgehead atoms. The van der Waals surface area contributed by atoms with Crippen molar-refractivity contribution < 1.29 is 13.6 Å². The molecular formula is C16H14F2O. The van der Waals surface area contributed by atoms with Gasteiger partial charge >= 0.3 is 0 Å². The predicted molar refractivity (Wildman–Crippen MR) is 70.4 cm³/mol. The van der Waals surface area contributed by atoms with Crippen molar-refractivity contribution in [3.8, 4) is 0 Å². The average molecular weight is 260 g/mol. The van der Waals surface area contributed by atoms with Crippen LogP contribution >= 0.6 is 0 Å². The van der Waals surface area contributed by atoms with Crippen LogP contribution in [-0.4, -0.2) is 5.78 Å². The number of carbonyl (C=O) groups excluding carboxylic acids is 1. The van der Waals surface area contributed by atoms with E-state index in [-0.39, 0.29) is 11.1 Å². The highest BCUT2D eigenvalue weighted by Crippen LogP contribution is 2.21. The van der Waals surface area contributed by atoms with E-state index in [0.717, 1.165) is 11.1 Å². The van der Waals surface area contributed by atoms with Gasteiger partial charge in [-0.15, -0.1) is 0 Å². The maximum atomic E-state index is 13.9. The Morgan fingerprint density at radius 2 is 1.58 bits per heavy atom. The lowest BCUT2D eigenvalue weighted by Gasteiger charge is -2.09. The summed E-state index contributed by atoms with van der Waals surface area (Å²) < 4.78 is 27.6. The van der Waals surface area contributed by atoms with Crippen molar-refractivity contribution in [1.29, 1.82) is 0 Å². The van der Waals surface area contributed by atoms with E-state index in [4.69, 9.17) is 0 Å². The second kappa shape index (κ2) is 4.92. The van der Waals surface area contributed by atoms with E-state index in [9.17, 15) is 13.6 Å². The molecule has 2 aromatic rings. The molecule has 2 aromatic carbocycles. The lowest BCUT2D eigenvalue weighted by Crippen LogP contribution is -2.09. The predicted octanol–water partition coefficient (Wildman–Crippen LogP) is 4.12. The third-order valence-electron chi connectivity index (χ3n) is 3.03. The van der Waals surface area contributed by atoms with Crippen LogP contribution in [0.25, 0.3) is 0 Å². The van der Waals surface area contributed by atoms with Gasteiger partial charge in [0.15, 0.2) is 5.78 Å². The molecule has 19 heavy (non-hydrogen) atoms. The molecule has 3 heteroatoms. The van der Waals surface area contributed by atoms with Crippen molar-refractivity contribution >= 4 is 5.78 Å². The van der Waals surface area contributed by atoms with Crippen LogP contribution in [0.3, 0.4) is 0 Å². The molecule has 0 aliphatic carbocycles. The molecule has 1 nitrogen and oxygen atoms in total. The SMILES string of the molecule is Cc1cc(C)c(C(=O)c2cc(C)ccc2F)c(F)c1. The highest BCUT2D eigenvalue weighted by atomic mass is 19.1. The van der Waals surface area contributed by atoms with E-state index in [0.29, 0.717) is 5.56 Å². The molecule has 0 aliphatic rings. The van der Waals surface area contributed by atoms with Crippen molar-refractivity contribution in [2.45, 2.75) is 20.8 Å². The normalized spacial score (nSPS) is 10.6.